The van der Waals surface area contributed by atoms with Crippen LogP contribution in [-0.4, -0.2) is 54.2 Å². The molecule has 0 bridgehead atoms. The highest BCUT2D eigenvalue weighted by Crippen LogP contribution is 2.47. The topological polar surface area (TPSA) is 67.9 Å². The van der Waals surface area contributed by atoms with Gasteiger partial charge in [-0.15, -0.1) is 0 Å². The summed E-state index contributed by atoms with van der Waals surface area (Å²) in [4.78, 5) is 2.47. The van der Waals surface area contributed by atoms with E-state index in [1.165, 1.54) is 52.4 Å². The summed E-state index contributed by atoms with van der Waals surface area (Å²) in [6.45, 7) is 2.48. The number of nitrogens with one attached hydrogen (secondary N) is 1. The molecule has 1 aromatic rings. The van der Waals surface area contributed by atoms with Crippen molar-refractivity contribution < 1.29 is 17.9 Å². The molecule has 1 aliphatic heterocycles. The Bertz CT molecular complexity index is 729. The smallest absolute Gasteiger partial charge is 0.244 e. The molecule has 1 atom stereocenters. The SMILES string of the molecule is COc1ccc(OC)c(S(=O)(=O)NCC2CN(C)CC23CCCCC3)c1. The number of hydrogen-bond acceptors (Lipinski definition) is 5. The molecule has 146 valence electrons. The van der Waals surface area contributed by atoms with Crippen LogP contribution in [-0.2, 0) is 10.0 Å². The number of rotatable bonds is 6. The lowest BCUT2D eigenvalue weighted by atomic mass is 9.68. The lowest BCUT2D eigenvalue weighted by molar-refractivity contribution is 0.144. The normalized spacial score (nSPS) is 23.3. The minimum atomic E-state index is -3.67. The van der Waals surface area contributed by atoms with Gasteiger partial charge < -0.3 is 14.4 Å². The molecule has 1 saturated heterocycles. The van der Waals surface area contributed by atoms with E-state index in [0.717, 1.165) is 13.1 Å². The fraction of sp³-hybridized carbons (Fsp3) is 0.684. The molecule has 1 spiro atoms. The Morgan fingerprint density at radius 1 is 1.19 bits per heavy atom. The van der Waals surface area contributed by atoms with Crippen LogP contribution < -0.4 is 14.2 Å². The van der Waals surface area contributed by atoms with Crippen molar-refractivity contribution in [2.45, 2.75) is 37.0 Å². The zero-order chi connectivity index (χ0) is 18.8. The number of nitrogens with zero attached hydrogens (tertiary/aromatic N) is 1. The Hall–Kier alpha value is -1.31. The van der Waals surface area contributed by atoms with E-state index >= 15 is 0 Å². The monoisotopic (exact) mass is 382 g/mol. The van der Waals surface area contributed by atoms with Crippen molar-refractivity contribution in [3.63, 3.8) is 0 Å². The Morgan fingerprint density at radius 2 is 1.92 bits per heavy atom. The van der Waals surface area contributed by atoms with E-state index < -0.39 is 10.0 Å². The van der Waals surface area contributed by atoms with Gasteiger partial charge in [0.25, 0.3) is 0 Å². The second-order valence-electron chi connectivity index (χ2n) is 7.69. The van der Waals surface area contributed by atoms with E-state index in [9.17, 15) is 8.42 Å². The molecule has 1 saturated carbocycles. The predicted molar refractivity (Wildman–Crippen MR) is 101 cm³/mol. The van der Waals surface area contributed by atoms with Gasteiger partial charge in [-0.05, 0) is 43.4 Å². The summed E-state index contributed by atoms with van der Waals surface area (Å²) in [5.74, 6) is 1.17. The van der Waals surface area contributed by atoms with Crippen LogP contribution in [0.5, 0.6) is 11.5 Å². The fourth-order valence-electron chi connectivity index (χ4n) is 4.69. The van der Waals surface area contributed by atoms with Crippen molar-refractivity contribution in [3.05, 3.63) is 18.2 Å². The number of likely N-dealkylation sites (tertiary alicyclic amines) is 1. The third kappa shape index (κ3) is 3.85. The van der Waals surface area contributed by atoms with E-state index in [4.69, 9.17) is 9.47 Å². The maximum Gasteiger partial charge on any atom is 0.244 e. The molecule has 0 amide bonds. The van der Waals surface area contributed by atoms with Gasteiger partial charge in [-0.2, -0.15) is 0 Å². The van der Waals surface area contributed by atoms with Crippen LogP contribution in [0.4, 0.5) is 0 Å². The molecular weight excluding hydrogens is 352 g/mol. The van der Waals surface area contributed by atoms with Gasteiger partial charge in [-0.1, -0.05) is 19.3 Å². The summed E-state index contributed by atoms with van der Waals surface area (Å²) >= 11 is 0. The van der Waals surface area contributed by atoms with Crippen molar-refractivity contribution in [2.75, 3.05) is 40.9 Å². The average molecular weight is 383 g/mol. The summed E-state index contributed by atoms with van der Waals surface area (Å²) in [7, 11) is 1.46. The van der Waals surface area contributed by atoms with Gasteiger partial charge in [-0.3, -0.25) is 0 Å². The summed E-state index contributed by atoms with van der Waals surface area (Å²) in [6.07, 6.45) is 6.20. The van der Waals surface area contributed by atoms with E-state index in [2.05, 4.69) is 16.7 Å². The molecule has 1 aliphatic carbocycles. The quantitative estimate of drug-likeness (QED) is 0.819. The van der Waals surface area contributed by atoms with E-state index in [1.54, 1.807) is 12.1 Å². The minimum Gasteiger partial charge on any atom is -0.497 e. The van der Waals surface area contributed by atoms with Crippen LogP contribution in [0, 0.1) is 11.3 Å². The number of sulfonamides is 1. The van der Waals surface area contributed by atoms with Crippen molar-refractivity contribution in [1.29, 1.82) is 0 Å². The standard InChI is InChI=1S/C19H30N2O4S/c1-21-13-15(19(14-21)9-5-4-6-10-19)12-20-26(22,23)18-11-16(24-2)7-8-17(18)25-3/h7-8,11,15,20H,4-6,9-10,12-14H2,1-3H3. The molecule has 26 heavy (non-hydrogen) atoms. The number of ether oxygens (including phenoxy) is 2. The molecule has 1 N–H and O–H groups in total. The van der Waals surface area contributed by atoms with Crippen molar-refractivity contribution in [2.24, 2.45) is 11.3 Å². The maximum atomic E-state index is 12.9. The first-order valence-corrected chi connectivity index (χ1v) is 10.8. The molecule has 2 aliphatic rings. The van der Waals surface area contributed by atoms with Gasteiger partial charge in [0.2, 0.25) is 10.0 Å². The predicted octanol–water partition coefficient (Wildman–Crippen LogP) is 2.49. The van der Waals surface area contributed by atoms with Crippen LogP contribution in [0.3, 0.4) is 0 Å². The molecule has 1 heterocycles. The van der Waals surface area contributed by atoms with Crippen LogP contribution >= 0.6 is 0 Å². The molecule has 0 aromatic heterocycles. The van der Waals surface area contributed by atoms with Crippen LogP contribution in [0.25, 0.3) is 0 Å². The molecule has 1 aromatic carbocycles. The minimum absolute atomic E-state index is 0.128. The fourth-order valence-corrected chi connectivity index (χ4v) is 5.95. The first-order chi connectivity index (χ1) is 12.4. The lowest BCUT2D eigenvalue weighted by Gasteiger charge is -2.38. The van der Waals surface area contributed by atoms with Gasteiger partial charge in [0, 0.05) is 25.7 Å². The van der Waals surface area contributed by atoms with Crippen molar-refractivity contribution in [1.82, 2.24) is 9.62 Å². The van der Waals surface area contributed by atoms with Crippen molar-refractivity contribution >= 4 is 10.0 Å². The molecule has 0 radical (unpaired) electrons. The first kappa shape index (κ1) is 19.5. The van der Waals surface area contributed by atoms with Gasteiger partial charge in [0.05, 0.1) is 14.2 Å². The Labute approximate surface area is 156 Å². The van der Waals surface area contributed by atoms with E-state index in [0.29, 0.717) is 24.0 Å². The summed E-state index contributed by atoms with van der Waals surface area (Å²) in [5.41, 5.74) is 0.258. The Kier molecular flexibility index (Phi) is 5.79. The molecule has 1 unspecified atom stereocenters. The van der Waals surface area contributed by atoms with E-state index in [1.807, 2.05) is 0 Å². The number of hydrogen-bond donors (Lipinski definition) is 1. The number of benzene rings is 1. The van der Waals surface area contributed by atoms with E-state index in [-0.39, 0.29) is 10.3 Å². The van der Waals surface area contributed by atoms with Crippen molar-refractivity contribution in [3.8, 4) is 11.5 Å². The highest BCUT2D eigenvalue weighted by molar-refractivity contribution is 7.89. The Balaban J connectivity index is 1.78. The van der Waals surface area contributed by atoms with Gasteiger partial charge in [-0.25, -0.2) is 13.1 Å². The maximum absolute atomic E-state index is 12.9. The second kappa shape index (κ2) is 7.74. The molecule has 7 heteroatoms. The molecule has 2 fully saturated rings. The van der Waals surface area contributed by atoms with Gasteiger partial charge in [0.1, 0.15) is 16.4 Å². The van der Waals surface area contributed by atoms with Crippen LogP contribution in [0.1, 0.15) is 32.1 Å². The summed E-state index contributed by atoms with van der Waals surface area (Å²) in [6, 6.07) is 4.83. The number of methoxy groups -OCH3 is 2. The first-order valence-electron chi connectivity index (χ1n) is 9.30. The lowest BCUT2D eigenvalue weighted by Crippen LogP contribution is -2.40. The molecular formula is C19H30N2O4S. The van der Waals surface area contributed by atoms with Gasteiger partial charge >= 0.3 is 0 Å². The molecule has 6 nitrogen and oxygen atoms in total. The zero-order valence-corrected chi connectivity index (χ0v) is 16.8. The van der Waals surface area contributed by atoms with Gasteiger partial charge in [0.15, 0.2) is 0 Å². The third-order valence-electron chi connectivity index (χ3n) is 6.01. The third-order valence-corrected chi connectivity index (χ3v) is 7.46. The summed E-state index contributed by atoms with van der Waals surface area (Å²) in [5, 5.41) is 0. The summed E-state index contributed by atoms with van der Waals surface area (Å²) < 4.78 is 39.1. The second-order valence-corrected chi connectivity index (χ2v) is 9.42. The Morgan fingerprint density at radius 3 is 2.58 bits per heavy atom. The molecule has 3 rings (SSSR count). The highest BCUT2D eigenvalue weighted by atomic mass is 32.2. The van der Waals surface area contributed by atoms with Crippen LogP contribution in [0.15, 0.2) is 23.1 Å². The zero-order valence-electron chi connectivity index (χ0n) is 16.0. The highest BCUT2D eigenvalue weighted by Gasteiger charge is 2.45. The average Bonchev–Trinajstić information content (AvgIpc) is 2.94. The largest absolute Gasteiger partial charge is 0.497 e. The van der Waals surface area contributed by atoms with Crippen LogP contribution in [0.2, 0.25) is 0 Å².